The molecule has 6 nitrogen and oxygen atoms in total. The molecule has 1 aromatic rings. The second-order valence-corrected chi connectivity index (χ2v) is 4.50. The van der Waals surface area contributed by atoms with Crippen LogP contribution in [0.2, 0.25) is 0 Å². The molecule has 0 aliphatic rings. The van der Waals surface area contributed by atoms with Gasteiger partial charge in [-0.3, -0.25) is 9.59 Å². The lowest BCUT2D eigenvalue weighted by Gasteiger charge is -2.13. The van der Waals surface area contributed by atoms with Crippen molar-refractivity contribution in [3.63, 3.8) is 0 Å². The summed E-state index contributed by atoms with van der Waals surface area (Å²) in [6, 6.07) is 0.501. The number of carbonyl (C=O) groups excluding carboxylic acids is 2. The van der Waals surface area contributed by atoms with Gasteiger partial charge in [-0.15, -0.1) is 0 Å². The van der Waals surface area contributed by atoms with E-state index in [1.54, 1.807) is 23.8 Å². The Morgan fingerprint density at radius 3 is 2.74 bits per heavy atom. The molecule has 1 aromatic heterocycles. The molecular formula is C12H15NO5S. The average Bonchev–Trinajstić information content (AvgIpc) is 2.88. The van der Waals surface area contributed by atoms with Crippen molar-refractivity contribution in [2.45, 2.75) is 25.8 Å². The largest absolute Gasteiger partial charge is 0.480 e. The number of carbonyl (C=O) groups is 3. The van der Waals surface area contributed by atoms with Gasteiger partial charge in [0.2, 0.25) is 0 Å². The molecule has 0 unspecified atom stereocenters. The highest BCUT2D eigenvalue weighted by Crippen LogP contribution is 2.07. The predicted molar refractivity (Wildman–Crippen MR) is 69.1 cm³/mol. The molecule has 2 N–H and O–H groups in total. The summed E-state index contributed by atoms with van der Waals surface area (Å²) < 4.78 is 4.71. The van der Waals surface area contributed by atoms with Crippen LogP contribution in [0.1, 0.15) is 30.1 Å². The Balaban J connectivity index is 2.51. The van der Waals surface area contributed by atoms with Crippen LogP contribution >= 0.6 is 11.3 Å². The van der Waals surface area contributed by atoms with Crippen LogP contribution in [0.5, 0.6) is 0 Å². The van der Waals surface area contributed by atoms with Crippen molar-refractivity contribution in [3.05, 3.63) is 22.4 Å². The number of nitrogens with one attached hydrogen (secondary N) is 1. The van der Waals surface area contributed by atoms with Gasteiger partial charge >= 0.3 is 11.9 Å². The Hall–Kier alpha value is -1.89. The summed E-state index contributed by atoms with van der Waals surface area (Å²) in [6.45, 7) is 1.92. The van der Waals surface area contributed by atoms with E-state index in [4.69, 9.17) is 9.84 Å². The van der Waals surface area contributed by atoms with Crippen LogP contribution < -0.4 is 5.32 Å². The van der Waals surface area contributed by atoms with Crippen LogP contribution in [0.25, 0.3) is 0 Å². The molecule has 19 heavy (non-hydrogen) atoms. The maximum Gasteiger partial charge on any atom is 0.326 e. The second kappa shape index (κ2) is 7.52. The van der Waals surface area contributed by atoms with Gasteiger partial charge in [-0.1, -0.05) is 0 Å². The monoisotopic (exact) mass is 285 g/mol. The van der Waals surface area contributed by atoms with E-state index in [0.717, 1.165) is 0 Å². The molecule has 1 rings (SSSR count). The number of esters is 1. The van der Waals surface area contributed by atoms with E-state index in [2.05, 4.69) is 5.32 Å². The number of hydrogen-bond donors (Lipinski definition) is 2. The highest BCUT2D eigenvalue weighted by atomic mass is 32.1. The van der Waals surface area contributed by atoms with Crippen molar-refractivity contribution in [1.29, 1.82) is 0 Å². The summed E-state index contributed by atoms with van der Waals surface area (Å²) in [5.41, 5.74) is 0.410. The highest BCUT2D eigenvalue weighted by Gasteiger charge is 2.22. The van der Waals surface area contributed by atoms with Gasteiger partial charge in [-0.25, -0.2) is 4.79 Å². The van der Waals surface area contributed by atoms with Gasteiger partial charge in [0.1, 0.15) is 6.04 Å². The highest BCUT2D eigenvalue weighted by molar-refractivity contribution is 7.08. The summed E-state index contributed by atoms with van der Waals surface area (Å²) in [7, 11) is 0. The summed E-state index contributed by atoms with van der Waals surface area (Å²) >= 11 is 1.35. The molecule has 0 aromatic carbocycles. The van der Waals surface area contributed by atoms with E-state index in [0.29, 0.717) is 5.56 Å². The number of hydrogen-bond acceptors (Lipinski definition) is 5. The van der Waals surface area contributed by atoms with Crippen LogP contribution in [0.4, 0.5) is 0 Å². The SMILES string of the molecule is CCOC(=O)CC[C@H](NC(=O)c1ccsc1)C(=O)O. The summed E-state index contributed by atoms with van der Waals surface area (Å²) in [5.74, 6) is -2.11. The first kappa shape index (κ1) is 15.2. The minimum absolute atomic E-state index is 0.00401. The van der Waals surface area contributed by atoms with Crippen LogP contribution in [-0.4, -0.2) is 35.6 Å². The predicted octanol–water partition coefficient (Wildman–Crippen LogP) is 1.27. The first-order valence-corrected chi connectivity index (χ1v) is 6.70. The summed E-state index contributed by atoms with van der Waals surface area (Å²) in [6.07, 6.45) is -0.0429. The minimum atomic E-state index is -1.17. The molecular weight excluding hydrogens is 270 g/mol. The van der Waals surface area contributed by atoms with Crippen LogP contribution in [0.3, 0.4) is 0 Å². The number of carboxylic acids is 1. The molecule has 0 saturated carbocycles. The molecule has 1 heterocycles. The first-order chi connectivity index (χ1) is 9.04. The van der Waals surface area contributed by atoms with Crippen molar-refractivity contribution >= 4 is 29.2 Å². The number of rotatable bonds is 7. The molecule has 0 saturated heterocycles. The fourth-order valence-corrected chi connectivity index (χ4v) is 2.02. The molecule has 1 atom stereocenters. The molecule has 1 amide bonds. The molecule has 0 bridgehead atoms. The molecule has 104 valence electrons. The molecule has 0 fully saturated rings. The van der Waals surface area contributed by atoms with Gasteiger partial charge < -0.3 is 15.2 Å². The zero-order valence-corrected chi connectivity index (χ0v) is 11.2. The van der Waals surface area contributed by atoms with Gasteiger partial charge in [0.25, 0.3) is 5.91 Å². The average molecular weight is 285 g/mol. The Morgan fingerprint density at radius 1 is 1.47 bits per heavy atom. The normalized spacial score (nSPS) is 11.6. The maximum absolute atomic E-state index is 11.7. The van der Waals surface area contributed by atoms with E-state index in [1.165, 1.54) is 11.3 Å². The Kier molecular flexibility index (Phi) is 6.01. The zero-order chi connectivity index (χ0) is 14.3. The maximum atomic E-state index is 11.7. The lowest BCUT2D eigenvalue weighted by Crippen LogP contribution is -2.41. The van der Waals surface area contributed by atoms with E-state index < -0.39 is 23.9 Å². The quantitative estimate of drug-likeness (QED) is 0.736. The number of amides is 1. The third-order valence-electron chi connectivity index (χ3n) is 2.33. The van der Waals surface area contributed by atoms with E-state index in [1.807, 2.05) is 0 Å². The molecule has 0 radical (unpaired) electrons. The number of ether oxygens (including phenoxy) is 1. The minimum Gasteiger partial charge on any atom is -0.480 e. The molecule has 7 heteroatoms. The smallest absolute Gasteiger partial charge is 0.326 e. The van der Waals surface area contributed by atoms with Gasteiger partial charge in [0, 0.05) is 11.8 Å². The van der Waals surface area contributed by atoms with Gasteiger partial charge in [0.15, 0.2) is 0 Å². The van der Waals surface area contributed by atoms with Crippen LogP contribution in [0, 0.1) is 0 Å². The standard InChI is InChI=1S/C12H15NO5S/c1-2-18-10(14)4-3-9(12(16)17)13-11(15)8-5-6-19-7-8/h5-7,9H,2-4H2,1H3,(H,13,15)(H,16,17)/t9-/m0/s1. The third-order valence-corrected chi connectivity index (χ3v) is 3.01. The lowest BCUT2D eigenvalue weighted by atomic mass is 10.1. The van der Waals surface area contributed by atoms with Crippen molar-refractivity contribution in [1.82, 2.24) is 5.32 Å². The van der Waals surface area contributed by atoms with E-state index >= 15 is 0 Å². The summed E-state index contributed by atoms with van der Waals surface area (Å²) in [5, 5.41) is 14.7. The van der Waals surface area contributed by atoms with E-state index in [9.17, 15) is 14.4 Å². The van der Waals surface area contributed by atoms with Crippen LogP contribution in [0.15, 0.2) is 16.8 Å². The third kappa shape index (κ3) is 5.09. The van der Waals surface area contributed by atoms with Gasteiger partial charge in [-0.2, -0.15) is 11.3 Å². The Morgan fingerprint density at radius 2 is 2.21 bits per heavy atom. The van der Waals surface area contributed by atoms with Crippen molar-refractivity contribution in [2.75, 3.05) is 6.61 Å². The second-order valence-electron chi connectivity index (χ2n) is 3.72. The van der Waals surface area contributed by atoms with Crippen LogP contribution in [-0.2, 0) is 14.3 Å². The fourth-order valence-electron chi connectivity index (χ4n) is 1.39. The number of aliphatic carboxylic acids is 1. The summed E-state index contributed by atoms with van der Waals surface area (Å²) in [4.78, 5) is 33.9. The first-order valence-electron chi connectivity index (χ1n) is 5.76. The Labute approximate surface area is 114 Å². The molecule has 0 aliphatic heterocycles. The molecule has 0 aliphatic carbocycles. The van der Waals surface area contributed by atoms with Crippen molar-refractivity contribution < 1.29 is 24.2 Å². The number of carboxylic acid groups (broad SMARTS) is 1. The Bertz CT molecular complexity index is 443. The topological polar surface area (TPSA) is 92.7 Å². The fraction of sp³-hybridized carbons (Fsp3) is 0.417. The molecule has 0 spiro atoms. The van der Waals surface area contributed by atoms with Gasteiger partial charge in [-0.05, 0) is 24.8 Å². The van der Waals surface area contributed by atoms with Gasteiger partial charge in [0.05, 0.1) is 12.2 Å². The zero-order valence-electron chi connectivity index (χ0n) is 10.4. The number of thiophene rings is 1. The lowest BCUT2D eigenvalue weighted by molar-refractivity contribution is -0.144. The van der Waals surface area contributed by atoms with Crippen molar-refractivity contribution in [2.24, 2.45) is 0 Å². The van der Waals surface area contributed by atoms with E-state index in [-0.39, 0.29) is 19.4 Å². The van der Waals surface area contributed by atoms with Crippen molar-refractivity contribution in [3.8, 4) is 0 Å².